The van der Waals surface area contributed by atoms with Gasteiger partial charge in [-0.3, -0.25) is 9.36 Å². The first-order valence-electron chi connectivity index (χ1n) is 6.07. The summed E-state index contributed by atoms with van der Waals surface area (Å²) in [6.45, 7) is 5.83. The van der Waals surface area contributed by atoms with Gasteiger partial charge in [-0.1, -0.05) is 13.8 Å². The van der Waals surface area contributed by atoms with Crippen LogP contribution < -0.4 is 5.73 Å². The van der Waals surface area contributed by atoms with E-state index >= 15 is 0 Å². The molecule has 92 valence electrons. The molecule has 2 aromatic heterocycles. The predicted molar refractivity (Wildman–Crippen MR) is 67.6 cm³/mol. The molecule has 0 spiro atoms. The molecule has 2 N–H and O–H groups in total. The molecule has 0 fully saturated rings. The molecule has 0 aromatic carbocycles. The van der Waals surface area contributed by atoms with Crippen molar-refractivity contribution in [3.63, 3.8) is 0 Å². The van der Waals surface area contributed by atoms with Crippen molar-refractivity contribution in [1.29, 1.82) is 0 Å². The molecule has 5 nitrogen and oxygen atoms in total. The lowest BCUT2D eigenvalue weighted by molar-refractivity contribution is 0.485. The number of rotatable bonds is 5. The highest BCUT2D eigenvalue weighted by Crippen LogP contribution is 2.18. The smallest absolute Gasteiger partial charge is 0.0854 e. The summed E-state index contributed by atoms with van der Waals surface area (Å²) in [5.41, 5.74) is 9.06. The highest BCUT2D eigenvalue weighted by Gasteiger charge is 2.12. The van der Waals surface area contributed by atoms with E-state index in [1.165, 1.54) is 0 Å². The zero-order chi connectivity index (χ0) is 12.3. The fourth-order valence-electron chi connectivity index (χ4n) is 2.01. The van der Waals surface area contributed by atoms with Crippen LogP contribution in [0, 0.1) is 0 Å². The van der Waals surface area contributed by atoms with Crippen LogP contribution in [-0.2, 0) is 25.9 Å². The van der Waals surface area contributed by atoms with E-state index in [1.54, 1.807) is 6.20 Å². The van der Waals surface area contributed by atoms with Crippen molar-refractivity contribution >= 4 is 5.69 Å². The van der Waals surface area contributed by atoms with Crippen molar-refractivity contribution < 1.29 is 0 Å². The lowest BCUT2D eigenvalue weighted by Gasteiger charge is -2.06. The third kappa shape index (κ3) is 2.33. The highest BCUT2D eigenvalue weighted by molar-refractivity contribution is 5.48. The standard InChI is InChI=1S/C12H19N5/c1-3-10-12(13)11(4-2)17(15-10)9-8-16-7-5-6-14-16/h5-7H,3-4,8-9,13H2,1-2H3. The number of nitrogens with zero attached hydrogens (tertiary/aromatic N) is 4. The van der Waals surface area contributed by atoms with Crippen LogP contribution in [-0.4, -0.2) is 19.6 Å². The SMILES string of the molecule is CCc1nn(CCn2cccn2)c(CC)c1N. The van der Waals surface area contributed by atoms with E-state index < -0.39 is 0 Å². The number of hydrogen-bond acceptors (Lipinski definition) is 3. The van der Waals surface area contributed by atoms with E-state index in [2.05, 4.69) is 24.0 Å². The molecule has 0 bridgehead atoms. The van der Waals surface area contributed by atoms with E-state index in [4.69, 9.17) is 5.73 Å². The first-order chi connectivity index (χ1) is 8.26. The molecule has 0 atom stereocenters. The minimum atomic E-state index is 0.815. The average molecular weight is 233 g/mol. The topological polar surface area (TPSA) is 61.7 Å². The number of aromatic nitrogens is 4. The number of nitrogen functional groups attached to an aromatic ring is 1. The molecular formula is C12H19N5. The van der Waals surface area contributed by atoms with E-state index in [0.29, 0.717) is 0 Å². The van der Waals surface area contributed by atoms with Gasteiger partial charge < -0.3 is 5.73 Å². The Hall–Kier alpha value is -1.78. The summed E-state index contributed by atoms with van der Waals surface area (Å²) in [6.07, 6.45) is 5.54. The van der Waals surface area contributed by atoms with Gasteiger partial charge in [0.25, 0.3) is 0 Å². The van der Waals surface area contributed by atoms with E-state index in [0.717, 1.165) is 43.0 Å². The number of anilines is 1. The molecule has 0 saturated heterocycles. The third-order valence-electron chi connectivity index (χ3n) is 2.94. The van der Waals surface area contributed by atoms with Crippen LogP contribution in [0.3, 0.4) is 0 Å². The van der Waals surface area contributed by atoms with Crippen molar-refractivity contribution in [3.05, 3.63) is 29.8 Å². The lowest BCUT2D eigenvalue weighted by atomic mass is 10.2. The summed E-state index contributed by atoms with van der Waals surface area (Å²) in [5, 5.41) is 8.73. The Kier molecular flexibility index (Phi) is 3.46. The van der Waals surface area contributed by atoms with Gasteiger partial charge in [-0.05, 0) is 18.9 Å². The zero-order valence-electron chi connectivity index (χ0n) is 10.4. The molecule has 0 aliphatic heterocycles. The number of hydrogen-bond donors (Lipinski definition) is 1. The molecule has 0 aliphatic rings. The van der Waals surface area contributed by atoms with Gasteiger partial charge in [0.1, 0.15) is 0 Å². The second kappa shape index (κ2) is 5.03. The maximum Gasteiger partial charge on any atom is 0.0854 e. The molecule has 2 rings (SSSR count). The highest BCUT2D eigenvalue weighted by atomic mass is 15.3. The third-order valence-corrected chi connectivity index (χ3v) is 2.94. The molecule has 0 aliphatic carbocycles. The monoisotopic (exact) mass is 233 g/mol. The fourth-order valence-corrected chi connectivity index (χ4v) is 2.01. The van der Waals surface area contributed by atoms with E-state index in [-0.39, 0.29) is 0 Å². The molecule has 5 heteroatoms. The predicted octanol–water partition coefficient (Wildman–Crippen LogP) is 1.49. The van der Waals surface area contributed by atoms with E-state index in [9.17, 15) is 0 Å². The molecule has 0 unspecified atom stereocenters. The van der Waals surface area contributed by atoms with Crippen molar-refractivity contribution in [1.82, 2.24) is 19.6 Å². The summed E-state index contributed by atoms with van der Waals surface area (Å²) in [4.78, 5) is 0. The molecule has 2 heterocycles. The molecule has 17 heavy (non-hydrogen) atoms. The summed E-state index contributed by atoms with van der Waals surface area (Å²) in [5.74, 6) is 0. The Balaban J connectivity index is 2.14. The van der Waals surface area contributed by atoms with Crippen molar-refractivity contribution in [2.24, 2.45) is 0 Å². The van der Waals surface area contributed by atoms with Crippen molar-refractivity contribution in [2.75, 3.05) is 5.73 Å². The summed E-state index contributed by atoms with van der Waals surface area (Å²) >= 11 is 0. The van der Waals surface area contributed by atoms with Gasteiger partial charge in [-0.2, -0.15) is 10.2 Å². The quantitative estimate of drug-likeness (QED) is 0.851. The van der Waals surface area contributed by atoms with Crippen LogP contribution in [0.4, 0.5) is 5.69 Å². The van der Waals surface area contributed by atoms with Gasteiger partial charge in [0.05, 0.1) is 30.2 Å². The first-order valence-corrected chi connectivity index (χ1v) is 6.07. The van der Waals surface area contributed by atoms with Crippen LogP contribution in [0.5, 0.6) is 0 Å². The molecule has 2 aromatic rings. The zero-order valence-corrected chi connectivity index (χ0v) is 10.4. The minimum absolute atomic E-state index is 0.815. The van der Waals surface area contributed by atoms with Crippen molar-refractivity contribution in [2.45, 2.75) is 39.8 Å². The Morgan fingerprint density at radius 2 is 2.06 bits per heavy atom. The lowest BCUT2D eigenvalue weighted by Crippen LogP contribution is -2.11. The van der Waals surface area contributed by atoms with Crippen LogP contribution in [0.25, 0.3) is 0 Å². The van der Waals surface area contributed by atoms with Gasteiger partial charge in [0.15, 0.2) is 0 Å². The normalized spacial score (nSPS) is 10.9. The summed E-state index contributed by atoms with van der Waals surface area (Å²) in [6, 6.07) is 1.93. The fraction of sp³-hybridized carbons (Fsp3) is 0.500. The van der Waals surface area contributed by atoms with Crippen LogP contribution in [0.15, 0.2) is 18.5 Å². The van der Waals surface area contributed by atoms with Gasteiger partial charge >= 0.3 is 0 Å². The van der Waals surface area contributed by atoms with Crippen LogP contribution >= 0.6 is 0 Å². The van der Waals surface area contributed by atoms with Gasteiger partial charge in [0.2, 0.25) is 0 Å². The van der Waals surface area contributed by atoms with E-state index in [1.807, 2.05) is 21.6 Å². The molecular weight excluding hydrogens is 214 g/mol. The largest absolute Gasteiger partial charge is 0.396 e. The van der Waals surface area contributed by atoms with Gasteiger partial charge in [-0.25, -0.2) is 0 Å². The minimum Gasteiger partial charge on any atom is -0.396 e. The Labute approximate surface area is 101 Å². The van der Waals surface area contributed by atoms with Crippen LogP contribution in [0.2, 0.25) is 0 Å². The summed E-state index contributed by atoms with van der Waals surface area (Å²) < 4.78 is 3.92. The molecule has 0 saturated carbocycles. The Bertz CT molecular complexity index is 469. The second-order valence-electron chi connectivity index (χ2n) is 4.01. The Morgan fingerprint density at radius 1 is 1.24 bits per heavy atom. The average Bonchev–Trinajstić information content (AvgIpc) is 2.94. The summed E-state index contributed by atoms with van der Waals surface area (Å²) in [7, 11) is 0. The van der Waals surface area contributed by atoms with Gasteiger partial charge in [0, 0.05) is 12.4 Å². The van der Waals surface area contributed by atoms with Gasteiger partial charge in [-0.15, -0.1) is 0 Å². The number of aryl methyl sites for hydroxylation is 3. The molecule has 0 amide bonds. The first kappa shape index (κ1) is 11.7. The maximum atomic E-state index is 6.07. The number of nitrogens with two attached hydrogens (primary N) is 1. The Morgan fingerprint density at radius 3 is 2.65 bits per heavy atom. The molecule has 0 radical (unpaired) electrons. The van der Waals surface area contributed by atoms with Crippen LogP contribution in [0.1, 0.15) is 25.2 Å². The van der Waals surface area contributed by atoms with Crippen molar-refractivity contribution in [3.8, 4) is 0 Å². The second-order valence-corrected chi connectivity index (χ2v) is 4.01. The maximum absolute atomic E-state index is 6.07.